The lowest BCUT2D eigenvalue weighted by molar-refractivity contribution is -0.112. The third-order valence-corrected chi connectivity index (χ3v) is 9.26. The van der Waals surface area contributed by atoms with E-state index in [9.17, 15) is 9.59 Å². The van der Waals surface area contributed by atoms with Crippen LogP contribution < -0.4 is 20.7 Å². The molecule has 1 amide bonds. The monoisotopic (exact) mass is 629 g/mol. The lowest BCUT2D eigenvalue weighted by atomic mass is 9.78. The predicted molar refractivity (Wildman–Crippen MR) is 194 cm³/mol. The molecule has 0 aromatic heterocycles. The van der Waals surface area contributed by atoms with Gasteiger partial charge in [0.2, 0.25) is 5.91 Å². The van der Waals surface area contributed by atoms with Crippen molar-refractivity contribution < 1.29 is 14.3 Å². The summed E-state index contributed by atoms with van der Waals surface area (Å²) in [7, 11) is 9.14. The van der Waals surface area contributed by atoms with E-state index in [2.05, 4.69) is 58.1 Å². The number of ether oxygens (including phenoxy) is 1. The predicted octanol–water partition coefficient (Wildman–Crippen LogP) is 6.82. The van der Waals surface area contributed by atoms with Gasteiger partial charge in [0, 0.05) is 50.5 Å². The fraction of sp³-hybridized carbons (Fsp3) is 0.526. The topological polar surface area (TPSA) is 109 Å². The van der Waals surface area contributed by atoms with E-state index in [1.165, 1.54) is 61.6 Å². The van der Waals surface area contributed by atoms with Crippen molar-refractivity contribution in [1.82, 2.24) is 5.32 Å². The maximum absolute atomic E-state index is 12.3. The second-order valence-electron chi connectivity index (χ2n) is 12.7. The average molecular weight is 630 g/mol. The van der Waals surface area contributed by atoms with E-state index in [-0.39, 0.29) is 5.92 Å². The van der Waals surface area contributed by atoms with Crippen molar-refractivity contribution in [2.45, 2.75) is 76.7 Å². The number of carbonyl (C=O) groups is 2. The SMILES string of the molecule is C=NC.CCC=NC.CNC1CC1.COc1ccc2c(c1)C1CC1(C=O)CN(C)c1cc(C(N)=O)ccc1/C(C1CCCCC1)=C/2. The minimum absolute atomic E-state index is 0.160. The minimum atomic E-state index is -0.438. The van der Waals surface area contributed by atoms with Crippen LogP contribution in [0.3, 0.4) is 0 Å². The molecule has 46 heavy (non-hydrogen) atoms. The van der Waals surface area contributed by atoms with Gasteiger partial charge in [0.25, 0.3) is 0 Å². The van der Waals surface area contributed by atoms with Crippen molar-refractivity contribution in [3.05, 3.63) is 58.7 Å². The smallest absolute Gasteiger partial charge is 0.248 e. The number of hydrogen-bond acceptors (Lipinski definition) is 7. The van der Waals surface area contributed by atoms with Crippen LogP contribution in [0.5, 0.6) is 5.75 Å². The van der Waals surface area contributed by atoms with Crippen LogP contribution in [0.4, 0.5) is 5.69 Å². The van der Waals surface area contributed by atoms with E-state index in [0.717, 1.165) is 42.2 Å². The Balaban J connectivity index is 0.000000373. The number of methoxy groups -OCH3 is 1. The Hall–Kier alpha value is -3.78. The summed E-state index contributed by atoms with van der Waals surface area (Å²) >= 11 is 0. The number of nitrogens with one attached hydrogen (secondary N) is 1. The van der Waals surface area contributed by atoms with Crippen LogP contribution in [0.1, 0.15) is 97.7 Å². The molecule has 0 radical (unpaired) electrons. The number of anilines is 1. The fourth-order valence-corrected chi connectivity index (χ4v) is 6.52. The Morgan fingerprint density at radius 1 is 1.13 bits per heavy atom. The first-order valence-corrected chi connectivity index (χ1v) is 16.7. The zero-order valence-electron chi connectivity index (χ0n) is 28.9. The van der Waals surface area contributed by atoms with Gasteiger partial charge in [-0.2, -0.15) is 0 Å². The summed E-state index contributed by atoms with van der Waals surface area (Å²) in [5.41, 5.74) is 11.5. The molecule has 1 heterocycles. The highest BCUT2D eigenvalue weighted by molar-refractivity contribution is 5.97. The molecular formula is C38H55N5O3. The number of allylic oxidation sites excluding steroid dienone is 1. The van der Waals surface area contributed by atoms with E-state index in [1.807, 2.05) is 38.5 Å². The quantitative estimate of drug-likeness (QED) is 0.269. The van der Waals surface area contributed by atoms with Crippen LogP contribution in [0.25, 0.3) is 11.6 Å². The van der Waals surface area contributed by atoms with Gasteiger partial charge in [0.05, 0.1) is 12.5 Å². The van der Waals surface area contributed by atoms with Gasteiger partial charge in [-0.1, -0.05) is 44.4 Å². The molecule has 8 heteroatoms. The summed E-state index contributed by atoms with van der Waals surface area (Å²) in [5.74, 6) is 1.02. The summed E-state index contributed by atoms with van der Waals surface area (Å²) in [6.45, 7) is 5.78. The van der Waals surface area contributed by atoms with Gasteiger partial charge in [-0.25, -0.2) is 0 Å². The molecule has 2 atom stereocenters. The van der Waals surface area contributed by atoms with Crippen molar-refractivity contribution in [3.63, 3.8) is 0 Å². The van der Waals surface area contributed by atoms with Crippen LogP contribution in [-0.4, -0.2) is 73.0 Å². The number of fused-ring (bicyclic) bond motifs is 4. The van der Waals surface area contributed by atoms with Crippen LogP contribution in [0.2, 0.25) is 0 Å². The minimum Gasteiger partial charge on any atom is -0.497 e. The normalized spacial score (nSPS) is 22.7. The third kappa shape index (κ3) is 9.61. The molecule has 3 fully saturated rings. The Morgan fingerprint density at radius 3 is 2.33 bits per heavy atom. The maximum Gasteiger partial charge on any atom is 0.248 e. The van der Waals surface area contributed by atoms with E-state index >= 15 is 0 Å². The number of hydrogen-bond donors (Lipinski definition) is 2. The van der Waals surface area contributed by atoms with Crippen molar-refractivity contribution in [2.75, 3.05) is 46.7 Å². The van der Waals surface area contributed by atoms with E-state index in [1.54, 1.807) is 21.2 Å². The highest BCUT2D eigenvalue weighted by atomic mass is 16.5. The number of nitrogens with two attached hydrogens (primary N) is 1. The third-order valence-electron chi connectivity index (χ3n) is 9.26. The van der Waals surface area contributed by atoms with E-state index in [0.29, 0.717) is 18.0 Å². The molecule has 2 unspecified atom stereocenters. The van der Waals surface area contributed by atoms with Gasteiger partial charge >= 0.3 is 0 Å². The lowest BCUT2D eigenvalue weighted by Crippen LogP contribution is -2.30. The van der Waals surface area contributed by atoms with Crippen LogP contribution in [0, 0.1) is 11.3 Å². The molecule has 0 bridgehead atoms. The molecular weight excluding hydrogens is 574 g/mol. The number of amides is 1. The number of carbonyl (C=O) groups excluding carboxylic acids is 2. The molecule has 2 aromatic carbocycles. The molecule has 3 N–H and O–H groups in total. The lowest BCUT2D eigenvalue weighted by Gasteiger charge is -2.32. The number of aldehydes is 1. The maximum atomic E-state index is 12.3. The molecule has 3 aliphatic carbocycles. The summed E-state index contributed by atoms with van der Waals surface area (Å²) in [6, 6.07) is 12.9. The molecule has 3 saturated carbocycles. The first-order valence-electron chi connectivity index (χ1n) is 16.7. The standard InChI is InChI=1S/C28H32N2O3.2C4H9N.C2H5N/c1-30-16-28(17-31)15-25(28)24-14-21(33-2)10-8-19(24)12-23(18-6-4-3-5-7-18)22-11-9-20(27(29)32)13-26(22)30;1-5-4-2-3-4;1-3-4-5-2;1-3-2/h8-14,17-18,25H,3-7,15-16H2,1-2H3,(H2,29,32);4-5H,2-3H2,1H3;4H,3H2,1-2H3;1H2,2H3/b23-12+;;;. The first kappa shape index (κ1) is 36.7. The van der Waals surface area contributed by atoms with Crippen molar-refractivity contribution in [3.8, 4) is 5.75 Å². The summed E-state index contributed by atoms with van der Waals surface area (Å²) < 4.78 is 5.53. The second kappa shape index (κ2) is 17.8. The number of aliphatic imine (C=N–C) groups is 2. The largest absolute Gasteiger partial charge is 0.497 e. The fourth-order valence-electron chi connectivity index (χ4n) is 6.52. The molecule has 250 valence electrons. The highest BCUT2D eigenvalue weighted by Crippen LogP contribution is 2.60. The Bertz CT molecular complexity index is 1380. The number of primary amides is 1. The average Bonchev–Trinajstić information content (AvgIpc) is 4.01. The van der Waals surface area contributed by atoms with E-state index in [4.69, 9.17) is 10.5 Å². The zero-order chi connectivity index (χ0) is 33.7. The van der Waals surface area contributed by atoms with Crippen molar-refractivity contribution in [2.24, 2.45) is 27.1 Å². The van der Waals surface area contributed by atoms with Crippen molar-refractivity contribution in [1.29, 1.82) is 0 Å². The van der Waals surface area contributed by atoms with Crippen LogP contribution in [0.15, 0.2) is 46.4 Å². The van der Waals surface area contributed by atoms with E-state index < -0.39 is 11.3 Å². The van der Waals surface area contributed by atoms with Gasteiger partial charge < -0.3 is 35.5 Å². The Kier molecular flexibility index (Phi) is 14.2. The van der Waals surface area contributed by atoms with Crippen molar-refractivity contribution >= 4 is 42.5 Å². The summed E-state index contributed by atoms with van der Waals surface area (Å²) in [6.07, 6.45) is 16.1. The Morgan fingerprint density at radius 2 is 1.83 bits per heavy atom. The van der Waals surface area contributed by atoms with Gasteiger partial charge in [0.15, 0.2) is 0 Å². The van der Waals surface area contributed by atoms with Crippen LogP contribution in [-0.2, 0) is 4.79 Å². The first-order chi connectivity index (χ1) is 22.2. The van der Waals surface area contributed by atoms with Gasteiger partial charge in [-0.05, 0) is 111 Å². The zero-order valence-corrected chi connectivity index (χ0v) is 28.9. The molecule has 4 aliphatic rings. The number of rotatable bonds is 6. The molecule has 0 spiro atoms. The molecule has 2 aromatic rings. The van der Waals surface area contributed by atoms with Crippen LogP contribution >= 0.6 is 0 Å². The highest BCUT2D eigenvalue weighted by Gasteiger charge is 2.56. The summed E-state index contributed by atoms with van der Waals surface area (Å²) in [5, 5.41) is 3.14. The number of nitrogens with zero attached hydrogens (tertiary/aromatic N) is 3. The Labute approximate surface area is 276 Å². The van der Waals surface area contributed by atoms with Gasteiger partial charge in [-0.3, -0.25) is 4.79 Å². The molecule has 6 rings (SSSR count). The summed E-state index contributed by atoms with van der Waals surface area (Å²) in [4.78, 5) is 33.5. The van der Waals surface area contributed by atoms with Gasteiger partial charge in [0.1, 0.15) is 12.0 Å². The molecule has 1 aliphatic heterocycles. The second-order valence-corrected chi connectivity index (χ2v) is 12.7. The molecule has 8 nitrogen and oxygen atoms in total. The molecule has 0 saturated heterocycles. The van der Waals surface area contributed by atoms with Gasteiger partial charge in [-0.15, -0.1) is 0 Å². The number of benzene rings is 2.